The summed E-state index contributed by atoms with van der Waals surface area (Å²) < 4.78 is 30.8. The number of benzene rings is 2. The van der Waals surface area contributed by atoms with Crippen LogP contribution in [0.2, 0.25) is 0 Å². The quantitative estimate of drug-likeness (QED) is 0.296. The Morgan fingerprint density at radius 1 is 1.21 bits per heavy atom. The lowest BCUT2D eigenvalue weighted by Gasteiger charge is -2.15. The molecule has 0 aliphatic carbocycles. The summed E-state index contributed by atoms with van der Waals surface area (Å²) in [4.78, 5) is 13.7. The van der Waals surface area contributed by atoms with E-state index >= 15 is 0 Å². The van der Waals surface area contributed by atoms with Crippen LogP contribution in [0.1, 0.15) is 23.7 Å². The predicted molar refractivity (Wildman–Crippen MR) is 152 cm³/mol. The number of nitrogens with one attached hydrogen (secondary N) is 1. The molecule has 0 spiro atoms. The molecule has 204 valence electrons. The van der Waals surface area contributed by atoms with Crippen molar-refractivity contribution in [2.75, 3.05) is 38.1 Å². The van der Waals surface area contributed by atoms with E-state index in [1.807, 2.05) is 6.20 Å². The predicted octanol–water partition coefficient (Wildman–Crippen LogP) is 4.35. The smallest absolute Gasteiger partial charge is 0.257 e. The minimum absolute atomic E-state index is 0.0689. The Morgan fingerprint density at radius 2 is 1.89 bits per heavy atom. The number of hydrogen-bond donors (Lipinski definition) is 2. The second-order valence-corrected chi connectivity index (χ2v) is 10.2. The summed E-state index contributed by atoms with van der Waals surface area (Å²) in [6.07, 6.45) is 13.0. The Hall–Kier alpha value is -3.22. The van der Waals surface area contributed by atoms with E-state index in [9.17, 15) is 9.00 Å². The van der Waals surface area contributed by atoms with Gasteiger partial charge in [0.1, 0.15) is 23.4 Å². The number of hydrogen-bond acceptors (Lipinski definition) is 7. The van der Waals surface area contributed by atoms with Crippen LogP contribution >= 0.6 is 8.58 Å². The third-order valence-electron chi connectivity index (χ3n) is 4.93. The summed E-state index contributed by atoms with van der Waals surface area (Å²) in [5.41, 5.74) is 0.389. The summed E-state index contributed by atoms with van der Waals surface area (Å²) in [5.74, 6) is 1.72. The number of rotatable bonds is 9. The van der Waals surface area contributed by atoms with E-state index in [-0.39, 0.29) is 18.6 Å². The fraction of sp³-hybridized carbons (Fsp3) is 0.333. The fourth-order valence-electron chi connectivity index (χ4n) is 3.33. The zero-order valence-corrected chi connectivity index (χ0v) is 23.6. The largest absolute Gasteiger partial charge is 0.488 e. The average Bonchev–Trinajstić information content (AvgIpc) is 3.58. The van der Waals surface area contributed by atoms with Gasteiger partial charge in [-0.3, -0.25) is 13.7 Å². The number of carbonyl (C=O) groups is 1. The first-order chi connectivity index (χ1) is 18.4. The molecule has 2 aromatic carbocycles. The molecule has 3 aromatic rings. The SMILES string of the molecule is C#C.CCO.CPCn1ccc(NC(=O)c2cc(Oc3ccc(S(C)=O)cc3)cc(O[C@H]3CCOC3)c2)n1. The van der Waals surface area contributed by atoms with Crippen LogP contribution in [0.3, 0.4) is 0 Å². The van der Waals surface area contributed by atoms with Gasteiger partial charge < -0.3 is 24.6 Å². The van der Waals surface area contributed by atoms with Gasteiger partial charge in [0.15, 0.2) is 5.82 Å². The molecule has 0 bridgehead atoms. The van der Waals surface area contributed by atoms with Crippen LogP contribution in [0.4, 0.5) is 5.82 Å². The molecule has 0 saturated carbocycles. The molecule has 1 fully saturated rings. The van der Waals surface area contributed by atoms with E-state index in [1.54, 1.807) is 66.4 Å². The van der Waals surface area contributed by atoms with E-state index in [2.05, 4.69) is 29.9 Å². The minimum Gasteiger partial charge on any atom is -0.488 e. The Morgan fingerprint density at radius 3 is 2.50 bits per heavy atom. The molecule has 9 nitrogen and oxygen atoms in total. The van der Waals surface area contributed by atoms with Gasteiger partial charge in [-0.05, 0) is 50.0 Å². The minimum atomic E-state index is -1.07. The van der Waals surface area contributed by atoms with Gasteiger partial charge in [0.2, 0.25) is 0 Å². The zero-order chi connectivity index (χ0) is 27.9. The normalized spacial score (nSPS) is 15.1. The van der Waals surface area contributed by atoms with Crippen molar-refractivity contribution >= 4 is 31.1 Å². The van der Waals surface area contributed by atoms with Gasteiger partial charge in [-0.1, -0.05) is 0 Å². The van der Waals surface area contributed by atoms with Crippen molar-refractivity contribution in [2.24, 2.45) is 0 Å². The zero-order valence-electron chi connectivity index (χ0n) is 21.8. The standard InChI is InChI=1S/C23H26N3O5PS.C2H6O.C2H2/c1-32-15-26-9-7-22(25-26)24-23(27)16-11-19(13-20(12-16)31-18-8-10-29-14-18)30-17-3-5-21(6-4-17)33(2)28;1-2-3;1-2/h3-7,9,11-13,18,32H,8,10,14-15H2,1-2H3,(H,24,25,27);3H,2H2,1H3;1-2H/t18-,33?;;/m0../s1. The molecule has 1 aliphatic heterocycles. The average molecular weight is 560 g/mol. The summed E-state index contributed by atoms with van der Waals surface area (Å²) >= 11 is 0. The molecule has 2 N–H and O–H groups in total. The van der Waals surface area contributed by atoms with E-state index < -0.39 is 10.8 Å². The number of amides is 1. The summed E-state index contributed by atoms with van der Waals surface area (Å²) in [5, 5.41) is 14.8. The highest BCUT2D eigenvalue weighted by Gasteiger charge is 2.19. The maximum atomic E-state index is 13.0. The Balaban J connectivity index is 0.000000947. The number of terminal acetylenes is 1. The second kappa shape index (κ2) is 16.6. The van der Waals surface area contributed by atoms with Gasteiger partial charge in [0.05, 0.1) is 19.5 Å². The Labute approximate surface area is 228 Å². The molecule has 4 rings (SSSR count). The number of carbonyl (C=O) groups excluding carboxylic acids is 1. The van der Waals surface area contributed by atoms with Crippen molar-refractivity contribution in [3.63, 3.8) is 0 Å². The van der Waals surface area contributed by atoms with Crippen molar-refractivity contribution in [3.05, 3.63) is 60.3 Å². The number of aliphatic hydroxyl groups excluding tert-OH is 1. The van der Waals surface area contributed by atoms with Crippen LogP contribution in [-0.4, -0.2) is 63.8 Å². The van der Waals surface area contributed by atoms with Crippen molar-refractivity contribution in [3.8, 4) is 30.1 Å². The molecule has 1 saturated heterocycles. The van der Waals surface area contributed by atoms with Crippen molar-refractivity contribution in [2.45, 2.75) is 30.6 Å². The van der Waals surface area contributed by atoms with Crippen molar-refractivity contribution < 1.29 is 28.3 Å². The second-order valence-electron chi connectivity index (χ2n) is 7.85. The Kier molecular flexibility index (Phi) is 13.5. The first kappa shape index (κ1) is 31.0. The highest BCUT2D eigenvalue weighted by molar-refractivity contribution is 7.84. The van der Waals surface area contributed by atoms with E-state index in [4.69, 9.17) is 19.3 Å². The fourth-order valence-corrected chi connectivity index (χ4v) is 4.35. The topological polar surface area (TPSA) is 112 Å². The van der Waals surface area contributed by atoms with Gasteiger partial charge in [-0.25, -0.2) is 0 Å². The van der Waals surface area contributed by atoms with E-state index in [1.165, 1.54) is 0 Å². The maximum absolute atomic E-state index is 13.0. The molecule has 0 radical (unpaired) electrons. The number of aliphatic hydroxyl groups is 1. The first-order valence-electron chi connectivity index (χ1n) is 11.9. The third kappa shape index (κ3) is 9.92. The van der Waals surface area contributed by atoms with Crippen LogP contribution in [0.15, 0.2) is 59.6 Å². The lowest BCUT2D eigenvalue weighted by molar-refractivity contribution is 0.102. The summed E-state index contributed by atoms with van der Waals surface area (Å²) in [7, 11) is -0.340. The highest BCUT2D eigenvalue weighted by atomic mass is 32.2. The molecule has 2 unspecified atom stereocenters. The van der Waals surface area contributed by atoms with Gasteiger partial charge in [0.25, 0.3) is 5.91 Å². The van der Waals surface area contributed by atoms with Gasteiger partial charge in [-0.2, -0.15) is 5.10 Å². The number of anilines is 1. The lowest BCUT2D eigenvalue weighted by Crippen LogP contribution is -2.17. The molecular weight excluding hydrogens is 525 g/mol. The molecule has 3 atom stereocenters. The molecule has 38 heavy (non-hydrogen) atoms. The Bertz CT molecular complexity index is 1190. The molecule has 11 heteroatoms. The molecule has 1 aromatic heterocycles. The maximum Gasteiger partial charge on any atom is 0.257 e. The highest BCUT2D eigenvalue weighted by Crippen LogP contribution is 2.30. The van der Waals surface area contributed by atoms with Gasteiger partial charge in [-0.15, -0.1) is 21.4 Å². The summed E-state index contributed by atoms with van der Waals surface area (Å²) in [6, 6.07) is 13.9. The van der Waals surface area contributed by atoms with Gasteiger partial charge in [0, 0.05) is 58.9 Å². The molecule has 1 aliphatic rings. The monoisotopic (exact) mass is 559 g/mol. The molecule has 1 amide bonds. The van der Waals surface area contributed by atoms with Crippen LogP contribution in [-0.2, 0) is 21.8 Å². The lowest BCUT2D eigenvalue weighted by atomic mass is 10.1. The van der Waals surface area contributed by atoms with Crippen LogP contribution in [0.5, 0.6) is 17.2 Å². The van der Waals surface area contributed by atoms with Crippen LogP contribution < -0.4 is 14.8 Å². The van der Waals surface area contributed by atoms with Crippen LogP contribution in [0.25, 0.3) is 0 Å². The van der Waals surface area contributed by atoms with E-state index in [0.717, 1.165) is 21.3 Å². The first-order valence-corrected chi connectivity index (χ1v) is 15.1. The van der Waals surface area contributed by atoms with Gasteiger partial charge >= 0.3 is 0 Å². The van der Waals surface area contributed by atoms with Crippen molar-refractivity contribution in [1.29, 1.82) is 0 Å². The number of nitrogens with zero attached hydrogens (tertiary/aromatic N) is 2. The number of aromatic nitrogens is 2. The van der Waals surface area contributed by atoms with Crippen LogP contribution in [0, 0.1) is 12.8 Å². The molecular formula is C27H34N3O6PS. The van der Waals surface area contributed by atoms with Crippen molar-refractivity contribution in [1.82, 2.24) is 9.78 Å². The van der Waals surface area contributed by atoms with E-state index in [0.29, 0.717) is 46.7 Å². The third-order valence-corrected chi connectivity index (χ3v) is 6.50. The number of ether oxygens (including phenoxy) is 3. The summed E-state index contributed by atoms with van der Waals surface area (Å²) in [6.45, 7) is 5.19. The molecule has 2 heterocycles.